The molecule has 0 saturated carbocycles. The van der Waals surface area contributed by atoms with Gasteiger partial charge in [-0.15, -0.1) is 75.8 Å². The summed E-state index contributed by atoms with van der Waals surface area (Å²) in [6.07, 6.45) is 7.51. The van der Waals surface area contributed by atoms with Gasteiger partial charge in [-0.2, -0.15) is 20.2 Å². The third-order valence-corrected chi connectivity index (χ3v) is 20.9. The van der Waals surface area contributed by atoms with Crippen LogP contribution in [0, 0.1) is 5.92 Å². The van der Waals surface area contributed by atoms with E-state index >= 15 is 0 Å². The molecule has 0 radical (unpaired) electrons. The lowest BCUT2D eigenvalue weighted by atomic mass is 10.1. The second-order valence-electron chi connectivity index (χ2n) is 30.3. The van der Waals surface area contributed by atoms with Crippen LogP contribution in [0.15, 0.2) is 0 Å². The van der Waals surface area contributed by atoms with Gasteiger partial charge in [-0.05, 0) is 255 Å². The van der Waals surface area contributed by atoms with Gasteiger partial charge in [-0.1, -0.05) is 96.9 Å². The van der Waals surface area contributed by atoms with Gasteiger partial charge in [0.15, 0.2) is 9.84 Å². The minimum absolute atomic E-state index is 0.144. The van der Waals surface area contributed by atoms with Crippen LogP contribution < -0.4 is 5.32 Å². The lowest BCUT2D eigenvalue weighted by molar-refractivity contribution is -0.121. The second kappa shape index (κ2) is 114. The Hall–Kier alpha value is -2.97. The van der Waals surface area contributed by atoms with E-state index in [2.05, 4.69) is 200 Å². The number of ether oxygens (including phenoxy) is 4. The summed E-state index contributed by atoms with van der Waals surface area (Å²) in [7, 11) is -7.35. The van der Waals surface area contributed by atoms with Crippen molar-refractivity contribution in [2.24, 2.45) is 5.92 Å². The van der Waals surface area contributed by atoms with Crippen molar-refractivity contribution < 1.29 is 125 Å². The molecule has 0 rings (SSSR count). The highest BCUT2D eigenvalue weighted by Gasteiger charge is 2.16. The minimum Gasteiger partial charge on any atom is -0.377 e. The van der Waals surface area contributed by atoms with Crippen LogP contribution in [-0.4, -0.2) is 428 Å². The number of thioether (sulfide) groups is 1. The van der Waals surface area contributed by atoms with E-state index in [1.165, 1.54) is 70.7 Å². The number of carbonyl (C=O) groups excluding carboxylic acids is 1. The predicted octanol–water partition coefficient (Wildman–Crippen LogP) is 6.63. The van der Waals surface area contributed by atoms with Crippen LogP contribution in [-0.2, 0) is 118 Å². The molecule has 0 aromatic heterocycles. The number of nitrogens with one attached hydrogen (secondary N) is 1. The SMILES string of the molecule is CC(C)OCCN(C)CCCS(=O)(=O)O.CCCN(C)CCOC(C)C.CCCN(C)CCOC(C)C.CCN(C)CCC(=O)NC(C)C.CCN(C)CCCC(C)C.CCN(C)CCOC(C)C.CCN(C)CCS(=O)(=O)C(C)C.CCN(C)CCS(=O)C(C)C.CCN(C)CCSC(C)C.O=S(=O)=O.O=S(=O)=O.O=S(=O)=O.O=S(=O)=O.O=S(=O)=O.O=S(=O)=O. The Bertz CT molecular complexity index is 3020. The summed E-state index contributed by atoms with van der Waals surface area (Å²) in [6, 6.07) is 0.254. The zero-order valence-electron chi connectivity index (χ0n) is 83.8. The highest BCUT2D eigenvalue weighted by atomic mass is 32.2. The normalized spacial score (nSPS) is 10.9. The Kier molecular flexibility index (Phi) is 142. The van der Waals surface area contributed by atoms with Crippen LogP contribution in [0.1, 0.15) is 219 Å². The van der Waals surface area contributed by atoms with Crippen LogP contribution >= 0.6 is 11.8 Å². The number of nitrogens with zero attached hydrogens (tertiary/aromatic N) is 9. The summed E-state index contributed by atoms with van der Waals surface area (Å²) in [6.45, 7) is 75.3. The van der Waals surface area contributed by atoms with Crippen molar-refractivity contribution in [2.45, 2.75) is 265 Å². The quantitative estimate of drug-likeness (QED) is 0.0603. The number of hydrogen-bond acceptors (Lipinski definition) is 38. The Morgan fingerprint density at radius 2 is 0.611 bits per heavy atom. The zero-order valence-corrected chi connectivity index (χ0v) is 92.0. The van der Waals surface area contributed by atoms with Crippen molar-refractivity contribution in [1.82, 2.24) is 49.4 Å². The Morgan fingerprint density at radius 3 is 0.865 bits per heavy atom. The maximum absolute atomic E-state index is 11.3. The average Bonchev–Trinajstić information content (AvgIpc) is 0.900. The first-order valence-electron chi connectivity index (χ1n) is 42.2. The minimum atomic E-state index is -3.81. The lowest BCUT2D eigenvalue weighted by Gasteiger charge is -2.16. The summed E-state index contributed by atoms with van der Waals surface area (Å²) in [5.74, 6) is 3.18. The predicted molar refractivity (Wildman–Crippen MR) is 512 cm³/mol. The molecular weight excluding hydrogens is 1850 g/mol. The van der Waals surface area contributed by atoms with Crippen molar-refractivity contribution >= 4 is 112 Å². The Balaban J connectivity index is -0.0000000820. The van der Waals surface area contributed by atoms with E-state index < -0.39 is 94.4 Å². The van der Waals surface area contributed by atoms with Crippen LogP contribution in [0.3, 0.4) is 0 Å². The third-order valence-electron chi connectivity index (χ3n) is 15.2. The van der Waals surface area contributed by atoms with Gasteiger partial charge in [-0.25, -0.2) is 8.42 Å². The van der Waals surface area contributed by atoms with Crippen LogP contribution in [0.25, 0.3) is 0 Å². The zero-order chi connectivity index (χ0) is 103. The number of amides is 1. The smallest absolute Gasteiger partial charge is 0.377 e. The molecule has 2 N–H and O–H groups in total. The van der Waals surface area contributed by atoms with Crippen molar-refractivity contribution in [2.75, 3.05) is 231 Å². The van der Waals surface area contributed by atoms with Crippen molar-refractivity contribution in [3.05, 3.63) is 0 Å². The van der Waals surface area contributed by atoms with E-state index in [9.17, 15) is 25.8 Å². The molecule has 49 heteroatoms. The first-order valence-corrected chi connectivity index (χ1v) is 54.0. The largest absolute Gasteiger partial charge is 0.425 e. The fourth-order valence-electron chi connectivity index (χ4n) is 7.24. The van der Waals surface area contributed by atoms with Gasteiger partial charge in [0.25, 0.3) is 10.1 Å². The maximum atomic E-state index is 11.3. The van der Waals surface area contributed by atoms with E-state index in [1.54, 1.807) is 13.8 Å². The fraction of sp³-hybridized carbons (Fsp3) is 0.987. The van der Waals surface area contributed by atoms with Crippen LogP contribution in [0.5, 0.6) is 0 Å². The van der Waals surface area contributed by atoms with Gasteiger partial charge in [0.1, 0.15) is 0 Å². The molecule has 772 valence electrons. The van der Waals surface area contributed by atoms with Gasteiger partial charge in [0.05, 0.1) is 67.6 Å². The molecule has 0 aromatic rings. The van der Waals surface area contributed by atoms with Gasteiger partial charge in [-0.3, -0.25) is 13.6 Å². The fourth-order valence-corrected chi connectivity index (χ4v) is 10.6. The summed E-state index contributed by atoms with van der Waals surface area (Å²) < 4.78 is 237. The molecule has 0 saturated heterocycles. The molecule has 0 aliphatic heterocycles. The van der Waals surface area contributed by atoms with E-state index in [-0.39, 0.29) is 34.8 Å². The van der Waals surface area contributed by atoms with Gasteiger partial charge >= 0.3 is 63.7 Å². The molecular formula is C77H180N10O29S10. The molecule has 0 aliphatic carbocycles. The van der Waals surface area contributed by atoms with E-state index in [0.29, 0.717) is 56.1 Å². The monoisotopic (exact) mass is 2030 g/mol. The summed E-state index contributed by atoms with van der Waals surface area (Å²) in [5, 5.41) is 3.70. The highest BCUT2D eigenvalue weighted by Crippen LogP contribution is 2.08. The number of hydrogen-bond donors (Lipinski definition) is 2. The number of sulfone groups is 1. The average molecular weight is 2030 g/mol. The topological polar surface area (TPSA) is 508 Å². The molecule has 0 bridgehead atoms. The maximum Gasteiger partial charge on any atom is 0.425 e. The van der Waals surface area contributed by atoms with E-state index in [1.807, 2.05) is 91.2 Å². The van der Waals surface area contributed by atoms with Crippen molar-refractivity contribution in [1.29, 1.82) is 0 Å². The molecule has 1 atom stereocenters. The third kappa shape index (κ3) is 225. The molecule has 0 heterocycles. The first-order chi connectivity index (χ1) is 57.6. The summed E-state index contributed by atoms with van der Waals surface area (Å²) >= 11 is 2.03. The lowest BCUT2D eigenvalue weighted by Crippen LogP contribution is -2.33. The van der Waals surface area contributed by atoms with Gasteiger partial charge in [0.2, 0.25) is 5.91 Å². The number of likely N-dealkylation sites (N-methyl/N-ethyl adjacent to an activating group) is 4. The molecule has 0 aliphatic rings. The van der Waals surface area contributed by atoms with E-state index in [0.717, 1.165) is 102 Å². The Labute approximate surface area is 782 Å². The molecule has 126 heavy (non-hydrogen) atoms. The standard InChI is InChI=1S/C9H20N2O.C9H21NO4S.2C9H21NO.C9H21N.C8H19NO2S.C8H19NOS.C8H19NO.C8H19NS.6O3S/c1-5-11(4)7-6-9(12)10-8(2)3;1-9(2)14-7-6-10(3)5-4-8-15(11,12)13;2*1-5-6-10(4)7-8-11-9(2)3;1-5-10(4)8-6-7-9(2)3;1-5-9(4)6-7-12(10,11)8(2)3;1-5-9(4)6-7-11(10)8(2)3;2*1-5-9(4)6-7-10-8(2)3;6*1-4(2)3/h8H,5-7H2,1-4H3,(H,10,12);9H,4-8H2,1-3H3,(H,11,12,13);2*9H,5-8H2,1-4H3;9H,5-8H2,1-4H3;8H,5-7H2,1-4H3;8H,5-7H2,1-4H3;2*8H,5-7H2,1-4H3;;;;;;. The van der Waals surface area contributed by atoms with E-state index in [4.69, 9.17) is 99.3 Å². The molecule has 39 nitrogen and oxygen atoms in total. The van der Waals surface area contributed by atoms with Crippen molar-refractivity contribution in [3.63, 3.8) is 0 Å². The molecule has 1 amide bonds. The second-order valence-corrected chi connectivity index (χ2v) is 40.8. The summed E-state index contributed by atoms with van der Waals surface area (Å²) in [4.78, 5) is 31.0. The van der Waals surface area contributed by atoms with Crippen LogP contribution in [0.2, 0.25) is 0 Å². The number of carbonyl (C=O) groups is 1. The highest BCUT2D eigenvalue weighted by molar-refractivity contribution is 7.99. The first kappa shape index (κ1) is 157. The summed E-state index contributed by atoms with van der Waals surface area (Å²) in [5.41, 5.74) is 0. The number of rotatable bonds is 50. The molecule has 0 fully saturated rings. The molecule has 0 spiro atoms. The van der Waals surface area contributed by atoms with Crippen molar-refractivity contribution in [3.8, 4) is 0 Å². The van der Waals surface area contributed by atoms with Gasteiger partial charge in [0, 0.05) is 92.4 Å². The molecule has 0 aromatic carbocycles. The van der Waals surface area contributed by atoms with Crippen LogP contribution in [0.4, 0.5) is 0 Å². The Morgan fingerprint density at radius 1 is 0.349 bits per heavy atom. The molecule has 1 unspecified atom stereocenters. The van der Waals surface area contributed by atoms with Gasteiger partial charge < -0.3 is 68.4 Å².